The van der Waals surface area contributed by atoms with Gasteiger partial charge in [-0.15, -0.1) is 6.58 Å². The van der Waals surface area contributed by atoms with Crippen LogP contribution in [0, 0.1) is 0 Å². The van der Waals surface area contributed by atoms with Gasteiger partial charge in [-0.25, -0.2) is 0 Å². The van der Waals surface area contributed by atoms with Crippen molar-refractivity contribution in [2.45, 2.75) is 25.4 Å². The third-order valence-electron chi connectivity index (χ3n) is 2.85. The van der Waals surface area contributed by atoms with E-state index in [4.69, 9.17) is 0 Å². The number of likely N-dealkylation sites (N-methyl/N-ethyl adjacent to an activating group) is 1. The van der Waals surface area contributed by atoms with Gasteiger partial charge in [0.1, 0.15) is 0 Å². The molecule has 1 aromatic rings. The second kappa shape index (κ2) is 5.12. The largest absolute Gasteiger partial charge is 0.371 e. The predicted octanol–water partition coefficient (Wildman–Crippen LogP) is 1.96. The van der Waals surface area contributed by atoms with Gasteiger partial charge in [0, 0.05) is 49.8 Å². The van der Waals surface area contributed by atoms with Crippen LogP contribution in [0.2, 0.25) is 0 Å². The summed E-state index contributed by atoms with van der Waals surface area (Å²) < 4.78 is 0. The van der Waals surface area contributed by atoms with Crippen molar-refractivity contribution < 1.29 is 0 Å². The van der Waals surface area contributed by atoms with E-state index in [9.17, 15) is 0 Å². The normalized spacial score (nSPS) is 14.8. The van der Waals surface area contributed by atoms with Gasteiger partial charge in [0.15, 0.2) is 0 Å². The van der Waals surface area contributed by atoms with E-state index in [1.807, 2.05) is 18.5 Å². The molecule has 1 aromatic heterocycles. The highest BCUT2D eigenvalue weighted by molar-refractivity contribution is 5.52. The molecular weight excluding hydrogens is 198 g/mol. The van der Waals surface area contributed by atoms with Crippen LogP contribution in [0.1, 0.15) is 18.4 Å². The molecule has 3 heteroatoms. The Morgan fingerprint density at radius 1 is 1.62 bits per heavy atom. The average molecular weight is 217 g/mol. The SMILES string of the molecule is C=CCN(C)c1ccncc1CNC1CC1. The third-order valence-corrected chi connectivity index (χ3v) is 2.85. The van der Waals surface area contributed by atoms with Crippen molar-refractivity contribution in [2.24, 2.45) is 0 Å². The molecule has 0 aliphatic heterocycles. The summed E-state index contributed by atoms with van der Waals surface area (Å²) in [4.78, 5) is 6.39. The van der Waals surface area contributed by atoms with Crippen LogP contribution in [0.25, 0.3) is 0 Å². The minimum atomic E-state index is 0.734. The van der Waals surface area contributed by atoms with Crippen LogP contribution in [0.4, 0.5) is 5.69 Å². The Labute approximate surface area is 97.2 Å². The van der Waals surface area contributed by atoms with Crippen LogP contribution in [0.5, 0.6) is 0 Å². The standard InChI is InChI=1S/C13H19N3/c1-3-8-16(2)13-6-7-14-9-11(13)10-15-12-4-5-12/h3,6-7,9,12,15H,1,4-5,8,10H2,2H3. The molecule has 1 N–H and O–H groups in total. The van der Waals surface area contributed by atoms with Gasteiger partial charge in [-0.05, 0) is 18.9 Å². The fourth-order valence-corrected chi connectivity index (χ4v) is 1.76. The van der Waals surface area contributed by atoms with Crippen molar-refractivity contribution in [3.05, 3.63) is 36.7 Å². The molecule has 0 spiro atoms. The summed E-state index contributed by atoms with van der Waals surface area (Å²) in [7, 11) is 2.08. The van der Waals surface area contributed by atoms with Crippen LogP contribution in [0.15, 0.2) is 31.1 Å². The first-order valence-corrected chi connectivity index (χ1v) is 5.79. The van der Waals surface area contributed by atoms with Gasteiger partial charge in [-0.1, -0.05) is 6.08 Å². The summed E-state index contributed by atoms with van der Waals surface area (Å²) >= 11 is 0. The summed E-state index contributed by atoms with van der Waals surface area (Å²) in [5, 5.41) is 3.52. The molecule has 16 heavy (non-hydrogen) atoms. The molecule has 0 aromatic carbocycles. The summed E-state index contributed by atoms with van der Waals surface area (Å²) in [6, 6.07) is 2.80. The summed E-state index contributed by atoms with van der Waals surface area (Å²) in [6.45, 7) is 5.54. The summed E-state index contributed by atoms with van der Waals surface area (Å²) in [5.41, 5.74) is 2.50. The zero-order chi connectivity index (χ0) is 11.4. The molecule has 0 bridgehead atoms. The van der Waals surface area contributed by atoms with Gasteiger partial charge in [0.25, 0.3) is 0 Å². The topological polar surface area (TPSA) is 28.2 Å². The lowest BCUT2D eigenvalue weighted by molar-refractivity contribution is 0.684. The monoisotopic (exact) mass is 217 g/mol. The molecule has 1 fully saturated rings. The molecule has 1 saturated carbocycles. The van der Waals surface area contributed by atoms with Gasteiger partial charge in [-0.3, -0.25) is 4.98 Å². The predicted molar refractivity (Wildman–Crippen MR) is 67.6 cm³/mol. The van der Waals surface area contributed by atoms with Crippen LogP contribution in [-0.2, 0) is 6.54 Å². The quantitative estimate of drug-likeness (QED) is 0.738. The lowest BCUT2D eigenvalue weighted by Crippen LogP contribution is -2.22. The number of pyridine rings is 1. The first-order valence-electron chi connectivity index (χ1n) is 5.79. The number of nitrogens with zero attached hydrogens (tertiary/aromatic N) is 2. The molecular formula is C13H19N3. The Hall–Kier alpha value is -1.35. The van der Waals surface area contributed by atoms with Gasteiger partial charge in [-0.2, -0.15) is 0 Å². The Kier molecular flexibility index (Phi) is 3.57. The molecule has 0 radical (unpaired) electrons. The minimum absolute atomic E-state index is 0.734. The van der Waals surface area contributed by atoms with E-state index in [0.29, 0.717) is 0 Å². The van der Waals surface area contributed by atoms with E-state index < -0.39 is 0 Å². The maximum Gasteiger partial charge on any atom is 0.0443 e. The maximum absolute atomic E-state index is 4.19. The second-order valence-corrected chi connectivity index (χ2v) is 4.33. The fraction of sp³-hybridized carbons (Fsp3) is 0.462. The molecule has 0 saturated heterocycles. The number of hydrogen-bond acceptors (Lipinski definition) is 3. The van der Waals surface area contributed by atoms with Crippen LogP contribution in [-0.4, -0.2) is 24.6 Å². The number of anilines is 1. The summed E-state index contributed by atoms with van der Waals surface area (Å²) in [5.74, 6) is 0. The van der Waals surface area contributed by atoms with E-state index in [0.717, 1.165) is 19.1 Å². The highest BCUT2D eigenvalue weighted by Gasteiger charge is 2.20. The van der Waals surface area contributed by atoms with Gasteiger partial charge >= 0.3 is 0 Å². The number of aromatic nitrogens is 1. The van der Waals surface area contributed by atoms with Crippen molar-refractivity contribution in [3.8, 4) is 0 Å². The Bertz CT molecular complexity index is 358. The Balaban J connectivity index is 2.05. The van der Waals surface area contributed by atoms with Crippen LogP contribution >= 0.6 is 0 Å². The molecule has 0 atom stereocenters. The number of rotatable bonds is 6. The zero-order valence-electron chi connectivity index (χ0n) is 9.82. The molecule has 3 nitrogen and oxygen atoms in total. The fourth-order valence-electron chi connectivity index (χ4n) is 1.76. The highest BCUT2D eigenvalue weighted by Crippen LogP contribution is 2.22. The van der Waals surface area contributed by atoms with E-state index in [1.165, 1.54) is 24.1 Å². The van der Waals surface area contributed by atoms with Gasteiger partial charge < -0.3 is 10.2 Å². The lowest BCUT2D eigenvalue weighted by atomic mass is 10.2. The Morgan fingerprint density at radius 3 is 3.12 bits per heavy atom. The molecule has 1 heterocycles. The van der Waals surface area contributed by atoms with Crippen LogP contribution in [0.3, 0.4) is 0 Å². The summed E-state index contributed by atoms with van der Waals surface area (Å²) in [6.07, 6.45) is 8.34. The van der Waals surface area contributed by atoms with Crippen molar-refractivity contribution >= 4 is 5.69 Å². The van der Waals surface area contributed by atoms with E-state index >= 15 is 0 Å². The molecule has 1 aliphatic carbocycles. The van der Waals surface area contributed by atoms with Gasteiger partial charge in [0.2, 0.25) is 0 Å². The number of hydrogen-bond donors (Lipinski definition) is 1. The second-order valence-electron chi connectivity index (χ2n) is 4.33. The molecule has 0 unspecified atom stereocenters. The molecule has 0 amide bonds. The zero-order valence-corrected chi connectivity index (χ0v) is 9.82. The first-order chi connectivity index (χ1) is 7.81. The molecule has 2 rings (SSSR count). The smallest absolute Gasteiger partial charge is 0.0443 e. The minimum Gasteiger partial charge on any atom is -0.371 e. The third kappa shape index (κ3) is 2.83. The Morgan fingerprint density at radius 2 is 2.44 bits per heavy atom. The van der Waals surface area contributed by atoms with Crippen LogP contribution < -0.4 is 10.2 Å². The number of nitrogens with one attached hydrogen (secondary N) is 1. The highest BCUT2D eigenvalue weighted by atomic mass is 15.1. The lowest BCUT2D eigenvalue weighted by Gasteiger charge is -2.20. The molecule has 1 aliphatic rings. The van der Waals surface area contributed by atoms with Crippen molar-refractivity contribution in [2.75, 3.05) is 18.5 Å². The van der Waals surface area contributed by atoms with E-state index in [2.05, 4.69) is 34.9 Å². The van der Waals surface area contributed by atoms with Crippen molar-refractivity contribution in [1.29, 1.82) is 0 Å². The van der Waals surface area contributed by atoms with Crippen molar-refractivity contribution in [1.82, 2.24) is 10.3 Å². The average Bonchev–Trinajstić information content (AvgIpc) is 3.11. The van der Waals surface area contributed by atoms with E-state index in [-0.39, 0.29) is 0 Å². The van der Waals surface area contributed by atoms with Gasteiger partial charge in [0.05, 0.1) is 0 Å². The maximum atomic E-state index is 4.19. The van der Waals surface area contributed by atoms with Crippen molar-refractivity contribution in [3.63, 3.8) is 0 Å². The van der Waals surface area contributed by atoms with E-state index in [1.54, 1.807) is 0 Å². The molecule has 86 valence electrons. The first kappa shape index (κ1) is 11.1.